The lowest BCUT2D eigenvalue weighted by molar-refractivity contribution is 0.680. The molecule has 3 N–H and O–H groups in total. The van der Waals surface area contributed by atoms with Gasteiger partial charge in [-0.05, 0) is 35.6 Å². The number of benzene rings is 2. The molecule has 3 heteroatoms. The van der Waals surface area contributed by atoms with E-state index in [-0.39, 0.29) is 6.04 Å². The summed E-state index contributed by atoms with van der Waals surface area (Å²) in [6, 6.07) is 16.6. The Hall–Kier alpha value is -2.13. The first-order chi connectivity index (χ1) is 10.1. The highest BCUT2D eigenvalue weighted by atomic mass is 15.0. The van der Waals surface area contributed by atoms with Gasteiger partial charge in [0.25, 0.3) is 0 Å². The van der Waals surface area contributed by atoms with Crippen molar-refractivity contribution in [2.24, 2.45) is 5.73 Å². The van der Waals surface area contributed by atoms with Crippen molar-refractivity contribution in [3.8, 4) is 0 Å². The molecule has 1 heterocycles. The van der Waals surface area contributed by atoms with Crippen molar-refractivity contribution in [2.75, 3.05) is 0 Å². The molecular formula is C18H21N3. The molecule has 3 aromatic rings. The van der Waals surface area contributed by atoms with Gasteiger partial charge in [0.05, 0.1) is 17.1 Å². The summed E-state index contributed by atoms with van der Waals surface area (Å²) >= 11 is 0. The van der Waals surface area contributed by atoms with E-state index in [1.54, 1.807) is 0 Å². The van der Waals surface area contributed by atoms with Gasteiger partial charge >= 0.3 is 0 Å². The van der Waals surface area contributed by atoms with E-state index in [9.17, 15) is 0 Å². The molecule has 21 heavy (non-hydrogen) atoms. The molecule has 0 amide bonds. The van der Waals surface area contributed by atoms with Crippen molar-refractivity contribution in [3.05, 3.63) is 65.5 Å². The van der Waals surface area contributed by atoms with Crippen LogP contribution in [0, 0.1) is 0 Å². The number of aromatic nitrogens is 2. The van der Waals surface area contributed by atoms with Crippen LogP contribution in [0.2, 0.25) is 0 Å². The van der Waals surface area contributed by atoms with Crippen LogP contribution in [0.25, 0.3) is 11.0 Å². The van der Waals surface area contributed by atoms with Gasteiger partial charge in [-0.3, -0.25) is 0 Å². The van der Waals surface area contributed by atoms with Crippen LogP contribution in [0.4, 0.5) is 0 Å². The molecule has 0 aliphatic heterocycles. The van der Waals surface area contributed by atoms with Gasteiger partial charge in [-0.25, -0.2) is 4.98 Å². The maximum atomic E-state index is 6.29. The predicted molar refractivity (Wildman–Crippen MR) is 87.3 cm³/mol. The summed E-state index contributed by atoms with van der Waals surface area (Å²) in [6.07, 6.45) is 0.789. The van der Waals surface area contributed by atoms with Crippen LogP contribution in [0.1, 0.15) is 42.8 Å². The highest BCUT2D eigenvalue weighted by Gasteiger charge is 2.12. The van der Waals surface area contributed by atoms with E-state index >= 15 is 0 Å². The molecule has 0 saturated carbocycles. The first-order valence-electron chi connectivity index (χ1n) is 7.42. The monoisotopic (exact) mass is 279 g/mol. The molecule has 0 radical (unpaired) electrons. The lowest BCUT2D eigenvalue weighted by Gasteiger charge is -2.08. The van der Waals surface area contributed by atoms with Gasteiger partial charge in [-0.15, -0.1) is 0 Å². The van der Waals surface area contributed by atoms with Crippen LogP contribution in [-0.2, 0) is 6.42 Å². The Morgan fingerprint density at radius 3 is 2.57 bits per heavy atom. The number of nitrogens with one attached hydrogen (secondary N) is 1. The van der Waals surface area contributed by atoms with Crippen LogP contribution in [0.5, 0.6) is 0 Å². The van der Waals surface area contributed by atoms with Crippen molar-refractivity contribution < 1.29 is 0 Å². The van der Waals surface area contributed by atoms with Crippen molar-refractivity contribution >= 4 is 11.0 Å². The lowest BCUT2D eigenvalue weighted by Crippen LogP contribution is -2.14. The summed E-state index contributed by atoms with van der Waals surface area (Å²) in [5.41, 5.74) is 10.9. The third-order valence-corrected chi connectivity index (χ3v) is 3.84. The minimum Gasteiger partial charge on any atom is -0.341 e. The standard InChI is InChI=1S/C18H21N3/c1-12(2)14-8-9-16-17(11-14)21-18(20-16)15(19)10-13-6-4-3-5-7-13/h3-9,11-12,15H,10,19H2,1-2H3,(H,20,21). The van der Waals surface area contributed by atoms with E-state index in [0.29, 0.717) is 5.92 Å². The first kappa shape index (κ1) is 13.8. The number of H-pyrrole nitrogens is 1. The van der Waals surface area contributed by atoms with E-state index in [4.69, 9.17) is 5.73 Å². The number of hydrogen-bond donors (Lipinski definition) is 2. The zero-order valence-corrected chi connectivity index (χ0v) is 12.5. The summed E-state index contributed by atoms with van der Waals surface area (Å²) in [6.45, 7) is 4.39. The fourth-order valence-electron chi connectivity index (χ4n) is 2.55. The highest BCUT2D eigenvalue weighted by Crippen LogP contribution is 2.22. The smallest absolute Gasteiger partial charge is 0.124 e. The Morgan fingerprint density at radius 1 is 1.10 bits per heavy atom. The van der Waals surface area contributed by atoms with Crippen LogP contribution in [0.15, 0.2) is 48.5 Å². The molecule has 0 aliphatic rings. The second-order valence-corrected chi connectivity index (χ2v) is 5.85. The SMILES string of the molecule is CC(C)c1ccc2nc(C(N)Cc3ccccc3)[nH]c2c1. The van der Waals surface area contributed by atoms with E-state index in [1.807, 2.05) is 18.2 Å². The van der Waals surface area contributed by atoms with E-state index in [1.165, 1.54) is 11.1 Å². The molecule has 1 aromatic heterocycles. The van der Waals surface area contributed by atoms with E-state index in [2.05, 4.69) is 54.1 Å². The average Bonchev–Trinajstić information content (AvgIpc) is 2.91. The highest BCUT2D eigenvalue weighted by molar-refractivity contribution is 5.76. The normalized spacial score (nSPS) is 13.0. The summed E-state index contributed by atoms with van der Waals surface area (Å²) in [5.74, 6) is 1.37. The summed E-state index contributed by atoms with van der Waals surface area (Å²) in [7, 11) is 0. The zero-order chi connectivity index (χ0) is 14.8. The van der Waals surface area contributed by atoms with Gasteiger partial charge in [-0.2, -0.15) is 0 Å². The van der Waals surface area contributed by atoms with Crippen LogP contribution < -0.4 is 5.73 Å². The number of rotatable bonds is 4. The predicted octanol–water partition coefficient (Wildman–Crippen LogP) is 3.93. The van der Waals surface area contributed by atoms with Crippen LogP contribution in [0.3, 0.4) is 0 Å². The number of hydrogen-bond acceptors (Lipinski definition) is 2. The Balaban J connectivity index is 1.86. The van der Waals surface area contributed by atoms with Gasteiger partial charge < -0.3 is 10.7 Å². The fraction of sp³-hybridized carbons (Fsp3) is 0.278. The number of fused-ring (bicyclic) bond motifs is 1. The average molecular weight is 279 g/mol. The lowest BCUT2D eigenvalue weighted by atomic mass is 10.0. The summed E-state index contributed by atoms with van der Waals surface area (Å²) < 4.78 is 0. The Morgan fingerprint density at radius 2 is 1.86 bits per heavy atom. The molecule has 108 valence electrons. The summed E-state index contributed by atoms with van der Waals surface area (Å²) in [4.78, 5) is 8.00. The fourth-order valence-corrected chi connectivity index (χ4v) is 2.55. The molecule has 2 aromatic carbocycles. The first-order valence-corrected chi connectivity index (χ1v) is 7.42. The van der Waals surface area contributed by atoms with Crippen LogP contribution in [-0.4, -0.2) is 9.97 Å². The van der Waals surface area contributed by atoms with Gasteiger partial charge in [0.1, 0.15) is 5.82 Å². The van der Waals surface area contributed by atoms with Gasteiger partial charge in [0, 0.05) is 0 Å². The van der Waals surface area contributed by atoms with Crippen molar-refractivity contribution in [3.63, 3.8) is 0 Å². The van der Waals surface area contributed by atoms with Gasteiger partial charge in [-0.1, -0.05) is 50.2 Å². The molecule has 0 aliphatic carbocycles. The summed E-state index contributed by atoms with van der Waals surface area (Å²) in [5, 5.41) is 0. The maximum absolute atomic E-state index is 6.29. The van der Waals surface area contributed by atoms with Crippen LogP contribution >= 0.6 is 0 Å². The third kappa shape index (κ3) is 2.98. The molecule has 0 saturated heterocycles. The van der Waals surface area contributed by atoms with Crippen molar-refractivity contribution in [1.82, 2.24) is 9.97 Å². The second-order valence-electron chi connectivity index (χ2n) is 5.85. The van der Waals surface area contributed by atoms with Crippen molar-refractivity contribution in [2.45, 2.75) is 32.2 Å². The Bertz CT molecular complexity index is 729. The number of nitrogens with zero attached hydrogens (tertiary/aromatic N) is 1. The third-order valence-electron chi connectivity index (χ3n) is 3.84. The minimum absolute atomic E-state index is 0.109. The van der Waals surface area contributed by atoms with Crippen molar-refractivity contribution in [1.29, 1.82) is 0 Å². The quantitative estimate of drug-likeness (QED) is 0.760. The topological polar surface area (TPSA) is 54.7 Å². The number of nitrogens with two attached hydrogens (primary N) is 1. The van der Waals surface area contributed by atoms with Gasteiger partial charge in [0.2, 0.25) is 0 Å². The maximum Gasteiger partial charge on any atom is 0.124 e. The molecule has 0 bridgehead atoms. The van der Waals surface area contributed by atoms with E-state index < -0.39 is 0 Å². The second kappa shape index (κ2) is 5.70. The minimum atomic E-state index is -0.109. The Kier molecular flexibility index (Phi) is 3.76. The Labute approximate surface area is 125 Å². The molecule has 0 spiro atoms. The molecule has 1 atom stereocenters. The molecule has 0 fully saturated rings. The molecule has 3 nitrogen and oxygen atoms in total. The number of aromatic amines is 1. The zero-order valence-electron chi connectivity index (χ0n) is 12.5. The molecular weight excluding hydrogens is 258 g/mol. The molecule has 3 rings (SSSR count). The molecule has 1 unspecified atom stereocenters. The van der Waals surface area contributed by atoms with Gasteiger partial charge in [0.15, 0.2) is 0 Å². The van der Waals surface area contributed by atoms with E-state index in [0.717, 1.165) is 23.3 Å². The largest absolute Gasteiger partial charge is 0.341 e. The number of imidazole rings is 1.